The summed E-state index contributed by atoms with van der Waals surface area (Å²) in [5.74, 6) is -4.51. The summed E-state index contributed by atoms with van der Waals surface area (Å²) < 4.78 is 94.8. The van der Waals surface area contributed by atoms with Crippen molar-refractivity contribution in [2.75, 3.05) is 31.1 Å². The number of piperidine rings is 1. The summed E-state index contributed by atoms with van der Waals surface area (Å²) in [5.41, 5.74) is 0.471. The molecule has 1 fully saturated rings. The van der Waals surface area contributed by atoms with Crippen molar-refractivity contribution in [1.29, 1.82) is 0 Å². The molecule has 0 aliphatic carbocycles. The monoisotopic (exact) mass is 675 g/mol. The van der Waals surface area contributed by atoms with E-state index in [1.807, 2.05) is 0 Å². The van der Waals surface area contributed by atoms with E-state index in [2.05, 4.69) is 10.3 Å². The molecule has 2 aromatic carbocycles. The smallest absolute Gasteiger partial charge is 0.410 e. The van der Waals surface area contributed by atoms with E-state index in [-0.39, 0.29) is 23.0 Å². The number of halogens is 4. The fraction of sp³-hybridized carbons (Fsp3) is 0.344. The summed E-state index contributed by atoms with van der Waals surface area (Å²) in [7, 11) is -4.34. The molecular formula is C32H33F4N5O5S. The first kappa shape index (κ1) is 33.9. The first-order chi connectivity index (χ1) is 22.2. The van der Waals surface area contributed by atoms with Crippen LogP contribution in [0.4, 0.5) is 28.0 Å². The maximum atomic E-state index is 16.0. The standard InChI is InChI=1S/C32H33F4N5O5S/c1-32(2,3)46-31(42)40-13-10-22(11-14-40)41-17-24(20-9-12-37-28(35)15-20)30(39-41)23-5-4-6-26(29(23)36)38-18-45-19-47(43,44)27-16-21(33)7-8-25(27)34/h4-9,12,15-17,22,38H,10-11,13-14,18-19H2,1-3H3. The van der Waals surface area contributed by atoms with E-state index >= 15 is 4.39 Å². The number of hydrogen-bond acceptors (Lipinski definition) is 8. The molecule has 0 atom stereocenters. The Hall–Kier alpha value is -4.50. The molecule has 5 rings (SSSR count). The van der Waals surface area contributed by atoms with Gasteiger partial charge in [-0.15, -0.1) is 0 Å². The van der Waals surface area contributed by atoms with Crippen molar-refractivity contribution in [2.24, 2.45) is 0 Å². The van der Waals surface area contributed by atoms with Gasteiger partial charge in [-0.2, -0.15) is 9.49 Å². The molecule has 1 aliphatic rings. The van der Waals surface area contributed by atoms with Crippen LogP contribution in [-0.4, -0.2) is 65.5 Å². The van der Waals surface area contributed by atoms with Gasteiger partial charge in [-0.1, -0.05) is 6.07 Å². The number of rotatable bonds is 9. The summed E-state index contributed by atoms with van der Waals surface area (Å²) in [6.07, 6.45) is 3.69. The van der Waals surface area contributed by atoms with E-state index in [9.17, 15) is 26.4 Å². The Kier molecular flexibility index (Phi) is 9.86. The highest BCUT2D eigenvalue weighted by molar-refractivity contribution is 7.91. The molecule has 2 aromatic heterocycles. The molecule has 1 amide bonds. The fourth-order valence-corrected chi connectivity index (χ4v) is 6.20. The highest BCUT2D eigenvalue weighted by Crippen LogP contribution is 2.37. The van der Waals surface area contributed by atoms with Crippen LogP contribution >= 0.6 is 0 Å². The second-order valence-electron chi connectivity index (χ2n) is 11.9. The minimum Gasteiger partial charge on any atom is -0.444 e. The molecule has 0 radical (unpaired) electrons. The summed E-state index contributed by atoms with van der Waals surface area (Å²) in [5, 5.41) is 7.37. The van der Waals surface area contributed by atoms with Gasteiger partial charge >= 0.3 is 6.09 Å². The van der Waals surface area contributed by atoms with Crippen LogP contribution < -0.4 is 5.32 Å². The fourth-order valence-electron chi connectivity index (χ4n) is 5.11. The van der Waals surface area contributed by atoms with Crippen molar-refractivity contribution < 1.29 is 40.2 Å². The summed E-state index contributed by atoms with van der Waals surface area (Å²) in [6.45, 7) is 5.75. The normalized spacial score (nSPS) is 14.3. The third-order valence-corrected chi connectivity index (χ3v) is 8.81. The van der Waals surface area contributed by atoms with Crippen molar-refractivity contribution in [3.63, 3.8) is 0 Å². The van der Waals surface area contributed by atoms with Gasteiger partial charge in [-0.3, -0.25) is 4.68 Å². The van der Waals surface area contributed by atoms with E-state index in [1.54, 1.807) is 48.7 Å². The first-order valence-electron chi connectivity index (χ1n) is 14.7. The number of nitrogens with one attached hydrogen (secondary N) is 1. The van der Waals surface area contributed by atoms with Gasteiger partial charge in [0.2, 0.25) is 15.8 Å². The Labute approximate surface area is 269 Å². The summed E-state index contributed by atoms with van der Waals surface area (Å²) >= 11 is 0. The topological polar surface area (TPSA) is 116 Å². The number of amides is 1. The van der Waals surface area contributed by atoms with Gasteiger partial charge in [-0.25, -0.2) is 31.4 Å². The Bertz CT molecular complexity index is 1870. The lowest BCUT2D eigenvalue weighted by Crippen LogP contribution is -2.42. The van der Waals surface area contributed by atoms with Gasteiger partial charge in [0.25, 0.3) is 0 Å². The highest BCUT2D eigenvalue weighted by atomic mass is 32.2. The number of benzene rings is 2. The Morgan fingerprint density at radius 3 is 2.47 bits per heavy atom. The molecule has 10 nitrogen and oxygen atoms in total. The SMILES string of the molecule is CC(C)(C)OC(=O)N1CCC(n2cc(-c3ccnc(F)c3)c(-c3cccc(NCOCS(=O)(=O)c4cc(F)ccc4F)c3F)n2)CC1. The molecule has 15 heteroatoms. The Morgan fingerprint density at radius 1 is 1.02 bits per heavy atom. The lowest BCUT2D eigenvalue weighted by molar-refractivity contribution is 0.0184. The molecule has 1 N–H and O–H groups in total. The van der Waals surface area contributed by atoms with Crippen LogP contribution in [0, 0.1) is 23.4 Å². The number of sulfone groups is 1. The van der Waals surface area contributed by atoms with Crippen LogP contribution in [0.5, 0.6) is 0 Å². The Morgan fingerprint density at radius 2 is 1.77 bits per heavy atom. The quantitative estimate of drug-likeness (QED) is 0.0919. The third-order valence-electron chi connectivity index (χ3n) is 7.35. The molecule has 3 heterocycles. The maximum absolute atomic E-state index is 16.0. The predicted octanol–water partition coefficient (Wildman–Crippen LogP) is 6.56. The number of carbonyl (C=O) groups is 1. The first-order valence-corrected chi connectivity index (χ1v) is 16.3. The zero-order valence-corrected chi connectivity index (χ0v) is 26.7. The van der Waals surface area contributed by atoms with Crippen LogP contribution in [0.15, 0.2) is 65.8 Å². The molecule has 1 aliphatic heterocycles. The zero-order valence-electron chi connectivity index (χ0n) is 25.8. The van der Waals surface area contributed by atoms with E-state index < -0.39 is 62.5 Å². The Balaban J connectivity index is 1.35. The molecule has 0 bridgehead atoms. The number of carbonyl (C=O) groups excluding carboxylic acids is 1. The minimum absolute atomic E-state index is 0.0519. The van der Waals surface area contributed by atoms with Crippen molar-refractivity contribution in [3.05, 3.63) is 84.3 Å². The predicted molar refractivity (Wildman–Crippen MR) is 165 cm³/mol. The number of pyridine rings is 1. The molecule has 0 spiro atoms. The van der Waals surface area contributed by atoms with Gasteiger partial charge in [0.1, 0.15) is 34.6 Å². The lowest BCUT2D eigenvalue weighted by Gasteiger charge is -2.33. The zero-order chi connectivity index (χ0) is 33.9. The summed E-state index contributed by atoms with van der Waals surface area (Å²) in [4.78, 5) is 16.9. The number of aromatic nitrogens is 3. The number of likely N-dealkylation sites (tertiary alicyclic amines) is 1. The van der Waals surface area contributed by atoms with Crippen molar-refractivity contribution >= 4 is 21.6 Å². The minimum atomic E-state index is -4.34. The maximum Gasteiger partial charge on any atom is 0.410 e. The van der Waals surface area contributed by atoms with Crippen molar-refractivity contribution in [2.45, 2.75) is 50.2 Å². The van der Waals surface area contributed by atoms with E-state index in [4.69, 9.17) is 14.6 Å². The third kappa shape index (κ3) is 8.08. The van der Waals surface area contributed by atoms with Gasteiger partial charge in [0.15, 0.2) is 11.8 Å². The van der Waals surface area contributed by atoms with Crippen LogP contribution in [0.2, 0.25) is 0 Å². The largest absolute Gasteiger partial charge is 0.444 e. The molecule has 1 saturated heterocycles. The second-order valence-corrected chi connectivity index (χ2v) is 13.8. The van der Waals surface area contributed by atoms with Crippen LogP contribution in [0.1, 0.15) is 39.7 Å². The number of hydrogen-bond donors (Lipinski definition) is 1. The van der Waals surface area contributed by atoms with E-state index in [1.165, 1.54) is 24.4 Å². The number of ether oxygens (including phenoxy) is 2. The van der Waals surface area contributed by atoms with Crippen molar-refractivity contribution in [1.82, 2.24) is 19.7 Å². The number of anilines is 1. The van der Waals surface area contributed by atoms with E-state index in [0.717, 1.165) is 6.07 Å². The van der Waals surface area contributed by atoms with Crippen LogP contribution in [-0.2, 0) is 19.3 Å². The van der Waals surface area contributed by atoms with Gasteiger partial charge in [0, 0.05) is 42.7 Å². The van der Waals surface area contributed by atoms with Crippen molar-refractivity contribution in [3.8, 4) is 22.4 Å². The molecular weight excluding hydrogens is 642 g/mol. The number of nitrogens with zero attached hydrogens (tertiary/aromatic N) is 4. The lowest BCUT2D eigenvalue weighted by atomic mass is 10.0. The molecule has 4 aromatic rings. The summed E-state index contributed by atoms with van der Waals surface area (Å²) in [6, 6.07) is 9.15. The second kappa shape index (κ2) is 13.7. The molecule has 0 unspecified atom stereocenters. The van der Waals surface area contributed by atoms with Gasteiger partial charge in [0.05, 0.1) is 11.7 Å². The molecule has 47 heavy (non-hydrogen) atoms. The van der Waals surface area contributed by atoms with Crippen LogP contribution in [0.25, 0.3) is 22.4 Å². The van der Waals surface area contributed by atoms with Crippen LogP contribution in [0.3, 0.4) is 0 Å². The average Bonchev–Trinajstić information content (AvgIpc) is 3.46. The van der Waals surface area contributed by atoms with Gasteiger partial charge < -0.3 is 19.7 Å². The average molecular weight is 676 g/mol. The molecule has 250 valence electrons. The highest BCUT2D eigenvalue weighted by Gasteiger charge is 2.29. The molecule has 0 saturated carbocycles. The van der Waals surface area contributed by atoms with E-state index in [0.29, 0.717) is 49.2 Å². The van der Waals surface area contributed by atoms with Gasteiger partial charge in [-0.05, 0) is 75.6 Å².